The van der Waals surface area contributed by atoms with Crippen LogP contribution in [0.15, 0.2) is 72.0 Å². The molecule has 0 saturated heterocycles. The molecule has 0 saturated carbocycles. The van der Waals surface area contributed by atoms with Crippen molar-refractivity contribution in [3.05, 3.63) is 72.6 Å². The maximum absolute atomic E-state index is 6.14. The molecule has 0 aliphatic carbocycles. The molecule has 1 aliphatic heterocycles. The first-order valence-corrected chi connectivity index (χ1v) is 8.54. The molecule has 0 radical (unpaired) electrons. The number of rotatable bonds is 4. The molecule has 8 heteroatoms. The first kappa shape index (κ1) is 16.8. The van der Waals surface area contributed by atoms with Gasteiger partial charge in [0.15, 0.2) is 12.1 Å². The minimum atomic E-state index is -0.600. The highest BCUT2D eigenvalue weighted by atomic mass is 15.7. The number of aliphatic imine (C=N–C) groups is 1. The molecule has 4 rings (SSSR count). The third-order valence-electron chi connectivity index (χ3n) is 4.01. The van der Waals surface area contributed by atoms with Gasteiger partial charge in [0, 0.05) is 17.4 Å². The van der Waals surface area contributed by atoms with Crippen LogP contribution >= 0.6 is 0 Å². The molecule has 0 amide bonds. The zero-order chi connectivity index (χ0) is 18.6. The van der Waals surface area contributed by atoms with Gasteiger partial charge in [-0.15, -0.1) is 0 Å². The number of nitrogens with two attached hydrogens (primary N) is 1. The number of aryl methyl sites for hydroxylation is 1. The molecule has 0 spiro atoms. The number of aromatic nitrogens is 2. The smallest absolute Gasteiger partial charge is 0.218 e. The average Bonchev–Trinajstić information content (AvgIpc) is 3.05. The third kappa shape index (κ3) is 3.96. The summed E-state index contributed by atoms with van der Waals surface area (Å²) in [6.07, 6.45) is 0.887. The molecule has 3 aromatic rings. The predicted octanol–water partition coefficient (Wildman–Crippen LogP) is 2.56. The molecule has 5 N–H and O–H groups in total. The van der Waals surface area contributed by atoms with E-state index in [2.05, 4.69) is 31.0 Å². The van der Waals surface area contributed by atoms with Gasteiger partial charge in [-0.05, 0) is 31.2 Å². The van der Waals surface area contributed by atoms with E-state index < -0.39 is 6.29 Å². The Balaban J connectivity index is 1.46. The van der Waals surface area contributed by atoms with Crippen molar-refractivity contribution in [2.45, 2.75) is 13.2 Å². The molecule has 1 aliphatic rings. The summed E-state index contributed by atoms with van der Waals surface area (Å²) < 4.78 is 0. The van der Waals surface area contributed by atoms with Gasteiger partial charge in [-0.3, -0.25) is 11.2 Å². The van der Waals surface area contributed by atoms with E-state index in [-0.39, 0.29) is 0 Å². The fourth-order valence-electron chi connectivity index (χ4n) is 2.64. The Labute approximate surface area is 157 Å². The summed E-state index contributed by atoms with van der Waals surface area (Å²) in [6, 6.07) is 19.7. The van der Waals surface area contributed by atoms with Crippen LogP contribution in [0.3, 0.4) is 0 Å². The number of hydrazine groups is 1. The molecular weight excluding hydrogens is 340 g/mol. The van der Waals surface area contributed by atoms with Gasteiger partial charge >= 0.3 is 0 Å². The van der Waals surface area contributed by atoms with Gasteiger partial charge < -0.3 is 10.6 Å². The predicted molar refractivity (Wildman–Crippen MR) is 108 cm³/mol. The minimum absolute atomic E-state index is 0.558. The van der Waals surface area contributed by atoms with Crippen molar-refractivity contribution in [2.75, 3.05) is 15.6 Å². The van der Waals surface area contributed by atoms with Crippen LogP contribution in [0.2, 0.25) is 0 Å². The average molecular weight is 360 g/mol. The molecule has 1 aromatic heterocycles. The van der Waals surface area contributed by atoms with Gasteiger partial charge in [-0.1, -0.05) is 35.9 Å². The maximum atomic E-state index is 6.14. The van der Waals surface area contributed by atoms with E-state index in [4.69, 9.17) is 5.73 Å². The van der Waals surface area contributed by atoms with Crippen molar-refractivity contribution in [1.29, 1.82) is 0 Å². The lowest BCUT2D eigenvalue weighted by Crippen LogP contribution is -2.46. The first-order chi connectivity index (χ1) is 13.2. The zero-order valence-electron chi connectivity index (χ0n) is 14.8. The van der Waals surface area contributed by atoms with Crippen LogP contribution in [0.1, 0.15) is 5.56 Å². The van der Waals surface area contributed by atoms with Crippen LogP contribution in [0, 0.1) is 6.92 Å². The number of anilines is 4. The number of nitrogens with zero attached hydrogens (tertiary/aromatic N) is 4. The van der Waals surface area contributed by atoms with E-state index in [1.807, 2.05) is 67.6 Å². The molecule has 1 unspecified atom stereocenters. The molecule has 8 nitrogen and oxygen atoms in total. The van der Waals surface area contributed by atoms with Gasteiger partial charge in [-0.2, -0.15) is 0 Å². The Bertz CT molecular complexity index is 939. The number of para-hydroxylation sites is 1. The van der Waals surface area contributed by atoms with Gasteiger partial charge in [-0.25, -0.2) is 20.0 Å². The number of hydrogen-bond donors (Lipinski definition) is 4. The van der Waals surface area contributed by atoms with Crippen LogP contribution in [0.25, 0.3) is 0 Å². The van der Waals surface area contributed by atoms with Gasteiger partial charge in [0.2, 0.25) is 5.96 Å². The third-order valence-corrected chi connectivity index (χ3v) is 4.01. The molecule has 2 heterocycles. The summed E-state index contributed by atoms with van der Waals surface area (Å²) in [4.78, 5) is 12.9. The van der Waals surface area contributed by atoms with Crippen molar-refractivity contribution < 1.29 is 0 Å². The van der Waals surface area contributed by atoms with Crippen LogP contribution in [0.4, 0.5) is 23.0 Å². The quantitative estimate of drug-likeness (QED) is 0.567. The SMILES string of the molecule is Cc1ccc(NC2=NC(N)N(c3cc(Nc4ccccc4)ncn3)N2)cc1. The molecule has 27 heavy (non-hydrogen) atoms. The highest BCUT2D eigenvalue weighted by molar-refractivity contribution is 5.96. The van der Waals surface area contributed by atoms with Crippen molar-refractivity contribution in [2.24, 2.45) is 10.7 Å². The summed E-state index contributed by atoms with van der Waals surface area (Å²) >= 11 is 0. The van der Waals surface area contributed by atoms with Gasteiger partial charge in [0.25, 0.3) is 0 Å². The van der Waals surface area contributed by atoms with E-state index in [0.29, 0.717) is 17.6 Å². The van der Waals surface area contributed by atoms with Crippen molar-refractivity contribution in [3.63, 3.8) is 0 Å². The number of hydrogen-bond acceptors (Lipinski definition) is 8. The molecule has 0 fully saturated rings. The van der Waals surface area contributed by atoms with Crippen molar-refractivity contribution in [3.8, 4) is 0 Å². The van der Waals surface area contributed by atoms with E-state index >= 15 is 0 Å². The number of nitrogens with one attached hydrogen (secondary N) is 3. The highest BCUT2D eigenvalue weighted by Crippen LogP contribution is 2.20. The van der Waals surface area contributed by atoms with Crippen LogP contribution in [-0.4, -0.2) is 22.2 Å². The summed E-state index contributed by atoms with van der Waals surface area (Å²) in [5.41, 5.74) is 12.3. The number of guanidine groups is 1. The monoisotopic (exact) mass is 360 g/mol. The molecule has 0 bridgehead atoms. The van der Waals surface area contributed by atoms with Crippen LogP contribution < -0.4 is 26.8 Å². The largest absolute Gasteiger partial charge is 0.340 e. The fraction of sp³-hybridized carbons (Fsp3) is 0.105. The Morgan fingerprint density at radius 2 is 1.70 bits per heavy atom. The summed E-state index contributed by atoms with van der Waals surface area (Å²) in [7, 11) is 0. The summed E-state index contributed by atoms with van der Waals surface area (Å²) in [6.45, 7) is 2.04. The van der Waals surface area contributed by atoms with E-state index in [0.717, 1.165) is 11.4 Å². The van der Waals surface area contributed by atoms with E-state index in [9.17, 15) is 0 Å². The Morgan fingerprint density at radius 1 is 0.963 bits per heavy atom. The van der Waals surface area contributed by atoms with Crippen LogP contribution in [0.5, 0.6) is 0 Å². The summed E-state index contributed by atoms with van der Waals surface area (Å²) in [5, 5.41) is 8.13. The van der Waals surface area contributed by atoms with E-state index in [1.165, 1.54) is 11.9 Å². The normalized spacial score (nSPS) is 15.9. The van der Waals surface area contributed by atoms with Gasteiger partial charge in [0.05, 0.1) is 0 Å². The zero-order valence-corrected chi connectivity index (χ0v) is 14.8. The lowest BCUT2D eigenvalue weighted by molar-refractivity contribution is 0.650. The second-order valence-corrected chi connectivity index (χ2v) is 6.12. The highest BCUT2D eigenvalue weighted by Gasteiger charge is 2.24. The second-order valence-electron chi connectivity index (χ2n) is 6.12. The fourth-order valence-corrected chi connectivity index (χ4v) is 2.64. The minimum Gasteiger partial charge on any atom is -0.340 e. The van der Waals surface area contributed by atoms with Crippen LogP contribution in [-0.2, 0) is 0 Å². The lowest BCUT2D eigenvalue weighted by Gasteiger charge is -2.21. The Morgan fingerprint density at radius 3 is 2.48 bits per heavy atom. The Hall–Kier alpha value is -3.65. The molecule has 1 atom stereocenters. The second kappa shape index (κ2) is 7.30. The van der Waals surface area contributed by atoms with Gasteiger partial charge in [0.1, 0.15) is 12.1 Å². The standard InChI is InChI=1S/C19H20N8/c1-13-7-9-15(10-8-13)24-19-25-18(20)27(26-19)17-11-16(21-12-22-17)23-14-5-3-2-4-6-14/h2-12,18H,20H2,1H3,(H,21,22,23)(H2,24,25,26). The molecule has 136 valence electrons. The topological polar surface area (TPSA) is 103 Å². The molecular formula is C19H20N8. The van der Waals surface area contributed by atoms with Crippen molar-refractivity contribution in [1.82, 2.24) is 15.4 Å². The maximum Gasteiger partial charge on any atom is 0.218 e. The first-order valence-electron chi connectivity index (χ1n) is 8.54. The Kier molecular flexibility index (Phi) is 4.54. The molecule has 2 aromatic carbocycles. The lowest BCUT2D eigenvalue weighted by atomic mass is 10.2. The number of benzene rings is 2. The summed E-state index contributed by atoms with van der Waals surface area (Å²) in [5.74, 6) is 1.84. The van der Waals surface area contributed by atoms with Crippen molar-refractivity contribution >= 4 is 29.0 Å². The van der Waals surface area contributed by atoms with E-state index in [1.54, 1.807) is 5.01 Å².